The normalized spacial score (nSPS) is 12.0. The minimum atomic E-state index is -4.66. The van der Waals surface area contributed by atoms with Crippen LogP contribution in [0.3, 0.4) is 0 Å². The first-order valence-electron chi connectivity index (χ1n) is 8.16. The van der Waals surface area contributed by atoms with Crippen molar-refractivity contribution in [2.45, 2.75) is 20.0 Å². The molecule has 0 radical (unpaired) electrons. The van der Waals surface area contributed by atoms with Crippen LogP contribution in [-0.2, 0) is 13.2 Å². The van der Waals surface area contributed by atoms with E-state index in [4.69, 9.17) is 0 Å². The smallest absolute Gasteiger partial charge is 0.245 e. The standard InChI is InChI=1S/C18H16F4N6/c1-10-4-6-12(7-5-10)14-8-15(18(20,21)22)25-17(24-14)26-23-9-13-11(2)27-28(3)16(13)19/h4-9H,1-3H3,(H,24,25,26). The first-order valence-corrected chi connectivity index (χ1v) is 8.16. The van der Waals surface area contributed by atoms with Gasteiger partial charge in [-0.1, -0.05) is 29.8 Å². The molecule has 0 atom stereocenters. The lowest BCUT2D eigenvalue weighted by Crippen LogP contribution is -2.11. The zero-order valence-electron chi connectivity index (χ0n) is 15.2. The summed E-state index contributed by atoms with van der Waals surface area (Å²) in [7, 11) is 1.43. The molecule has 3 aromatic rings. The fraction of sp³-hybridized carbons (Fsp3) is 0.222. The number of rotatable bonds is 4. The summed E-state index contributed by atoms with van der Waals surface area (Å²) in [6.07, 6.45) is -3.54. The number of alkyl halides is 3. The van der Waals surface area contributed by atoms with Crippen LogP contribution in [0.5, 0.6) is 0 Å². The number of nitrogens with one attached hydrogen (secondary N) is 1. The molecule has 0 bridgehead atoms. The second kappa shape index (κ2) is 7.37. The van der Waals surface area contributed by atoms with Crippen LogP contribution in [0.15, 0.2) is 35.4 Å². The van der Waals surface area contributed by atoms with Crippen LogP contribution in [0.25, 0.3) is 11.3 Å². The zero-order chi connectivity index (χ0) is 20.5. The molecule has 146 valence electrons. The van der Waals surface area contributed by atoms with Crippen LogP contribution in [0, 0.1) is 19.8 Å². The number of hydrogen-bond donors (Lipinski definition) is 1. The first kappa shape index (κ1) is 19.5. The van der Waals surface area contributed by atoms with Crippen LogP contribution >= 0.6 is 0 Å². The summed E-state index contributed by atoms with van der Waals surface area (Å²) in [5.41, 5.74) is 3.27. The SMILES string of the molecule is Cc1ccc(-c2cc(C(F)(F)F)nc(NN=Cc3c(C)nn(C)c3F)n2)cc1. The van der Waals surface area contributed by atoms with Gasteiger partial charge in [0, 0.05) is 12.6 Å². The third kappa shape index (κ3) is 4.16. The molecule has 0 aliphatic rings. The highest BCUT2D eigenvalue weighted by Crippen LogP contribution is 2.31. The van der Waals surface area contributed by atoms with E-state index in [1.54, 1.807) is 31.2 Å². The molecule has 0 spiro atoms. The third-order valence-corrected chi connectivity index (χ3v) is 3.92. The molecule has 10 heteroatoms. The molecule has 0 unspecified atom stereocenters. The maximum absolute atomic E-state index is 13.9. The number of anilines is 1. The average molecular weight is 392 g/mol. The van der Waals surface area contributed by atoms with Gasteiger partial charge >= 0.3 is 6.18 Å². The highest BCUT2D eigenvalue weighted by atomic mass is 19.4. The van der Waals surface area contributed by atoms with Crippen molar-refractivity contribution in [1.82, 2.24) is 19.7 Å². The molecule has 1 aromatic carbocycles. The summed E-state index contributed by atoms with van der Waals surface area (Å²) in [4.78, 5) is 7.53. The number of benzene rings is 1. The summed E-state index contributed by atoms with van der Waals surface area (Å²) >= 11 is 0. The fourth-order valence-electron chi connectivity index (χ4n) is 2.46. The second-order valence-electron chi connectivity index (χ2n) is 6.11. The zero-order valence-corrected chi connectivity index (χ0v) is 15.2. The number of aromatic nitrogens is 4. The van der Waals surface area contributed by atoms with Crippen molar-refractivity contribution in [3.63, 3.8) is 0 Å². The third-order valence-electron chi connectivity index (χ3n) is 3.92. The molecule has 3 rings (SSSR count). The molecular formula is C18H16F4N6. The average Bonchev–Trinajstić information content (AvgIpc) is 2.87. The molecular weight excluding hydrogens is 376 g/mol. The second-order valence-corrected chi connectivity index (χ2v) is 6.11. The maximum atomic E-state index is 13.9. The lowest BCUT2D eigenvalue weighted by molar-refractivity contribution is -0.141. The van der Waals surface area contributed by atoms with Gasteiger partial charge in [0.05, 0.1) is 23.2 Å². The van der Waals surface area contributed by atoms with Crippen LogP contribution in [0.1, 0.15) is 22.5 Å². The van der Waals surface area contributed by atoms with Crippen molar-refractivity contribution < 1.29 is 17.6 Å². The van der Waals surface area contributed by atoms with Gasteiger partial charge in [-0.25, -0.2) is 20.1 Å². The monoisotopic (exact) mass is 392 g/mol. The van der Waals surface area contributed by atoms with E-state index < -0.39 is 17.8 Å². The lowest BCUT2D eigenvalue weighted by atomic mass is 10.1. The Labute approximate surface area is 157 Å². The van der Waals surface area contributed by atoms with E-state index in [0.717, 1.165) is 22.5 Å². The Morgan fingerprint density at radius 2 is 1.79 bits per heavy atom. The van der Waals surface area contributed by atoms with E-state index in [9.17, 15) is 17.6 Å². The molecule has 2 aromatic heterocycles. The Bertz CT molecular complexity index is 1020. The molecule has 6 nitrogen and oxygen atoms in total. The Hall–Kier alpha value is -3.30. The highest BCUT2D eigenvalue weighted by Gasteiger charge is 2.33. The Morgan fingerprint density at radius 1 is 1.11 bits per heavy atom. The Balaban J connectivity index is 1.94. The molecule has 0 saturated heterocycles. The van der Waals surface area contributed by atoms with Crippen molar-refractivity contribution in [1.29, 1.82) is 0 Å². The predicted molar refractivity (Wildman–Crippen MR) is 96.3 cm³/mol. The topological polar surface area (TPSA) is 68.0 Å². The number of halogens is 4. The van der Waals surface area contributed by atoms with Gasteiger partial charge in [-0.15, -0.1) is 0 Å². The van der Waals surface area contributed by atoms with Gasteiger partial charge in [0.1, 0.15) is 0 Å². The van der Waals surface area contributed by atoms with Crippen LogP contribution in [0.2, 0.25) is 0 Å². The summed E-state index contributed by atoms with van der Waals surface area (Å²) < 4.78 is 54.5. The van der Waals surface area contributed by atoms with E-state index in [0.29, 0.717) is 11.3 Å². The molecule has 0 fully saturated rings. The number of hydrogen-bond acceptors (Lipinski definition) is 5. The molecule has 1 N–H and O–H groups in total. The van der Waals surface area contributed by atoms with Crippen LogP contribution < -0.4 is 5.43 Å². The van der Waals surface area contributed by atoms with Gasteiger partial charge in [-0.05, 0) is 19.9 Å². The number of hydrazone groups is 1. The van der Waals surface area contributed by atoms with Crippen molar-refractivity contribution in [2.24, 2.45) is 12.1 Å². The van der Waals surface area contributed by atoms with Crippen molar-refractivity contribution in [3.05, 3.63) is 58.8 Å². The summed E-state index contributed by atoms with van der Waals surface area (Å²) in [6, 6.07) is 7.73. The highest BCUT2D eigenvalue weighted by molar-refractivity contribution is 5.81. The van der Waals surface area contributed by atoms with E-state index in [1.165, 1.54) is 7.05 Å². The van der Waals surface area contributed by atoms with E-state index in [1.807, 2.05) is 6.92 Å². The van der Waals surface area contributed by atoms with Crippen LogP contribution in [-0.4, -0.2) is 26.0 Å². The lowest BCUT2D eigenvalue weighted by Gasteiger charge is -2.10. The number of nitrogens with zero attached hydrogens (tertiary/aromatic N) is 5. The van der Waals surface area contributed by atoms with E-state index in [-0.39, 0.29) is 17.2 Å². The molecule has 0 aliphatic heterocycles. The quantitative estimate of drug-likeness (QED) is 0.412. The van der Waals surface area contributed by atoms with Gasteiger partial charge in [-0.2, -0.15) is 27.8 Å². The van der Waals surface area contributed by atoms with Gasteiger partial charge in [0.2, 0.25) is 11.9 Å². The predicted octanol–water partition coefficient (Wildman–Crippen LogP) is 4.10. The molecule has 2 heterocycles. The first-order chi connectivity index (χ1) is 13.1. The Morgan fingerprint density at radius 3 is 2.36 bits per heavy atom. The summed E-state index contributed by atoms with van der Waals surface area (Å²) in [5, 5.41) is 7.64. The largest absolute Gasteiger partial charge is 0.433 e. The summed E-state index contributed by atoms with van der Waals surface area (Å²) in [6.45, 7) is 3.45. The van der Waals surface area contributed by atoms with Gasteiger partial charge in [0.25, 0.3) is 0 Å². The van der Waals surface area contributed by atoms with Crippen LogP contribution in [0.4, 0.5) is 23.5 Å². The maximum Gasteiger partial charge on any atom is 0.433 e. The molecule has 0 aliphatic carbocycles. The molecule has 0 saturated carbocycles. The Kier molecular flexibility index (Phi) is 5.12. The van der Waals surface area contributed by atoms with Crippen molar-refractivity contribution in [3.8, 4) is 11.3 Å². The van der Waals surface area contributed by atoms with Gasteiger partial charge in [0.15, 0.2) is 5.69 Å². The van der Waals surface area contributed by atoms with Crippen molar-refractivity contribution in [2.75, 3.05) is 5.43 Å². The van der Waals surface area contributed by atoms with Crippen molar-refractivity contribution >= 4 is 12.2 Å². The van der Waals surface area contributed by atoms with E-state index in [2.05, 4.69) is 25.6 Å². The fourth-order valence-corrected chi connectivity index (χ4v) is 2.46. The van der Waals surface area contributed by atoms with E-state index >= 15 is 0 Å². The minimum Gasteiger partial charge on any atom is -0.245 e. The van der Waals surface area contributed by atoms with Gasteiger partial charge < -0.3 is 0 Å². The van der Waals surface area contributed by atoms with Gasteiger partial charge in [-0.3, -0.25) is 0 Å². The number of aryl methyl sites for hydroxylation is 3. The minimum absolute atomic E-state index is 0.0868. The molecule has 0 amide bonds. The molecule has 28 heavy (non-hydrogen) atoms. The summed E-state index contributed by atoms with van der Waals surface area (Å²) in [5.74, 6) is -0.975.